The minimum atomic E-state index is -0.887. The SMILES string of the molecule is CCOc1cccc(/C(O)=C2/C(=O)C(=O)N(CC3CCCO3)C2c2ccc(OC)c(O)c2)c1. The third-order valence-electron chi connectivity index (χ3n) is 5.90. The number of aromatic hydroxyl groups is 1. The summed E-state index contributed by atoms with van der Waals surface area (Å²) in [5, 5.41) is 21.5. The average molecular weight is 453 g/mol. The summed E-state index contributed by atoms with van der Waals surface area (Å²) in [6.45, 7) is 3.10. The molecule has 0 aliphatic carbocycles. The van der Waals surface area contributed by atoms with Gasteiger partial charge in [0.25, 0.3) is 11.7 Å². The van der Waals surface area contributed by atoms with Crippen LogP contribution in [-0.4, -0.2) is 59.8 Å². The number of ketones is 1. The van der Waals surface area contributed by atoms with E-state index in [1.807, 2.05) is 6.92 Å². The summed E-state index contributed by atoms with van der Waals surface area (Å²) in [6, 6.07) is 10.5. The minimum Gasteiger partial charge on any atom is -0.507 e. The van der Waals surface area contributed by atoms with E-state index in [0.717, 1.165) is 12.8 Å². The highest BCUT2D eigenvalue weighted by Gasteiger charge is 2.47. The first-order chi connectivity index (χ1) is 15.9. The molecule has 2 aliphatic rings. The Kier molecular flexibility index (Phi) is 6.55. The van der Waals surface area contributed by atoms with Crippen molar-refractivity contribution in [2.75, 3.05) is 26.9 Å². The molecule has 1 amide bonds. The zero-order chi connectivity index (χ0) is 23.5. The van der Waals surface area contributed by atoms with Gasteiger partial charge in [0.15, 0.2) is 11.5 Å². The molecule has 0 radical (unpaired) electrons. The van der Waals surface area contributed by atoms with Crippen LogP contribution in [0.5, 0.6) is 17.2 Å². The van der Waals surface area contributed by atoms with Crippen LogP contribution in [0.25, 0.3) is 5.76 Å². The highest BCUT2D eigenvalue weighted by Crippen LogP contribution is 2.42. The van der Waals surface area contributed by atoms with E-state index in [9.17, 15) is 19.8 Å². The van der Waals surface area contributed by atoms with Crippen molar-refractivity contribution in [3.63, 3.8) is 0 Å². The molecule has 2 atom stereocenters. The number of phenolic OH excluding ortho intramolecular Hbond substituents is 1. The third kappa shape index (κ3) is 4.39. The fourth-order valence-corrected chi connectivity index (χ4v) is 4.36. The molecule has 0 saturated carbocycles. The smallest absolute Gasteiger partial charge is 0.295 e. The molecule has 33 heavy (non-hydrogen) atoms. The molecule has 2 unspecified atom stereocenters. The Balaban J connectivity index is 1.83. The number of aliphatic hydroxyl groups is 1. The summed E-state index contributed by atoms with van der Waals surface area (Å²) in [4.78, 5) is 27.6. The number of carbonyl (C=O) groups excluding carboxylic acids is 2. The summed E-state index contributed by atoms with van der Waals surface area (Å²) in [6.07, 6.45) is 1.46. The maximum Gasteiger partial charge on any atom is 0.295 e. The number of carbonyl (C=O) groups is 2. The van der Waals surface area contributed by atoms with Crippen LogP contribution in [0.3, 0.4) is 0 Å². The minimum absolute atomic E-state index is 0.0452. The van der Waals surface area contributed by atoms with E-state index >= 15 is 0 Å². The maximum absolute atomic E-state index is 13.1. The maximum atomic E-state index is 13.1. The summed E-state index contributed by atoms with van der Waals surface area (Å²) in [5.74, 6) is -1.13. The Morgan fingerprint density at radius 2 is 2.03 bits per heavy atom. The first kappa shape index (κ1) is 22.7. The molecular weight excluding hydrogens is 426 g/mol. The number of aliphatic hydroxyl groups excluding tert-OH is 1. The van der Waals surface area contributed by atoms with Gasteiger partial charge in [-0.15, -0.1) is 0 Å². The van der Waals surface area contributed by atoms with Crippen LogP contribution in [0.4, 0.5) is 0 Å². The van der Waals surface area contributed by atoms with Crippen molar-refractivity contribution in [3.05, 3.63) is 59.2 Å². The number of nitrogens with zero attached hydrogens (tertiary/aromatic N) is 1. The Morgan fingerprint density at radius 3 is 2.70 bits per heavy atom. The number of benzene rings is 2. The van der Waals surface area contributed by atoms with Crippen molar-refractivity contribution in [1.29, 1.82) is 0 Å². The predicted molar refractivity (Wildman–Crippen MR) is 120 cm³/mol. The van der Waals surface area contributed by atoms with Gasteiger partial charge in [-0.3, -0.25) is 9.59 Å². The second kappa shape index (κ2) is 9.54. The molecule has 4 rings (SSSR count). The summed E-state index contributed by atoms with van der Waals surface area (Å²) in [5.41, 5.74) is 0.794. The van der Waals surface area contributed by atoms with E-state index in [1.54, 1.807) is 36.4 Å². The number of ether oxygens (including phenoxy) is 3. The van der Waals surface area contributed by atoms with Gasteiger partial charge in [0.05, 0.1) is 31.4 Å². The van der Waals surface area contributed by atoms with Crippen LogP contribution in [0.15, 0.2) is 48.0 Å². The number of Topliss-reactive ketones (excluding diaryl/α,β-unsaturated/α-hetero) is 1. The van der Waals surface area contributed by atoms with Crippen molar-refractivity contribution < 1.29 is 34.0 Å². The first-order valence-electron chi connectivity index (χ1n) is 10.9. The van der Waals surface area contributed by atoms with Crippen LogP contribution in [0.2, 0.25) is 0 Å². The molecule has 2 fully saturated rings. The molecule has 2 aromatic rings. The highest BCUT2D eigenvalue weighted by molar-refractivity contribution is 6.46. The molecule has 2 saturated heterocycles. The van der Waals surface area contributed by atoms with Gasteiger partial charge in [-0.05, 0) is 49.6 Å². The lowest BCUT2D eigenvalue weighted by Gasteiger charge is -2.27. The van der Waals surface area contributed by atoms with Crippen LogP contribution in [0.1, 0.15) is 36.9 Å². The summed E-state index contributed by atoms with van der Waals surface area (Å²) >= 11 is 0. The van der Waals surface area contributed by atoms with Gasteiger partial charge in [-0.1, -0.05) is 18.2 Å². The average Bonchev–Trinajstić information content (AvgIpc) is 3.41. The Labute approximate surface area is 192 Å². The number of hydrogen-bond donors (Lipinski definition) is 2. The lowest BCUT2D eigenvalue weighted by molar-refractivity contribution is -0.140. The largest absolute Gasteiger partial charge is 0.507 e. The fourth-order valence-electron chi connectivity index (χ4n) is 4.36. The zero-order valence-corrected chi connectivity index (χ0v) is 18.6. The van der Waals surface area contributed by atoms with Crippen molar-refractivity contribution in [3.8, 4) is 17.2 Å². The molecule has 0 spiro atoms. The number of phenols is 1. The van der Waals surface area contributed by atoms with Gasteiger partial charge < -0.3 is 29.3 Å². The lowest BCUT2D eigenvalue weighted by Crippen LogP contribution is -2.36. The zero-order valence-electron chi connectivity index (χ0n) is 18.6. The van der Waals surface area contributed by atoms with Crippen LogP contribution in [-0.2, 0) is 14.3 Å². The number of amides is 1. The topological polar surface area (TPSA) is 106 Å². The molecule has 2 aliphatic heterocycles. The van der Waals surface area contributed by atoms with Crippen LogP contribution < -0.4 is 9.47 Å². The lowest BCUT2D eigenvalue weighted by atomic mass is 9.94. The van der Waals surface area contributed by atoms with Crippen LogP contribution >= 0.6 is 0 Å². The molecule has 0 aromatic heterocycles. The van der Waals surface area contributed by atoms with Crippen molar-refractivity contribution in [1.82, 2.24) is 4.90 Å². The van der Waals surface area contributed by atoms with E-state index in [4.69, 9.17) is 14.2 Å². The molecule has 174 valence electrons. The number of hydrogen-bond acceptors (Lipinski definition) is 7. The van der Waals surface area contributed by atoms with Crippen molar-refractivity contribution in [2.45, 2.75) is 31.9 Å². The first-order valence-corrected chi connectivity index (χ1v) is 10.9. The quantitative estimate of drug-likeness (QED) is 0.376. The number of methoxy groups -OCH3 is 1. The molecule has 2 N–H and O–H groups in total. The monoisotopic (exact) mass is 453 g/mol. The number of rotatable bonds is 7. The van der Waals surface area contributed by atoms with E-state index in [2.05, 4.69) is 0 Å². The van der Waals surface area contributed by atoms with Gasteiger partial charge in [0.2, 0.25) is 0 Å². The predicted octanol–water partition coefficient (Wildman–Crippen LogP) is 3.40. The van der Waals surface area contributed by atoms with Crippen molar-refractivity contribution in [2.24, 2.45) is 0 Å². The van der Waals surface area contributed by atoms with Gasteiger partial charge in [-0.2, -0.15) is 0 Å². The van der Waals surface area contributed by atoms with Gasteiger partial charge in [0.1, 0.15) is 11.5 Å². The van der Waals surface area contributed by atoms with Gasteiger partial charge in [-0.25, -0.2) is 0 Å². The molecule has 2 aromatic carbocycles. The van der Waals surface area contributed by atoms with E-state index in [0.29, 0.717) is 30.1 Å². The molecule has 0 bridgehead atoms. The standard InChI is InChI=1S/C25H27NO7/c1-3-32-17-7-4-6-16(12-17)23(28)21-22(15-9-10-20(31-2)19(27)13-15)26(25(30)24(21)29)14-18-8-5-11-33-18/h4,6-7,9-10,12-13,18,22,27-28H,3,5,8,11,14H2,1-2H3/b23-21-. The normalized spacial score (nSPS) is 22.1. The second-order valence-electron chi connectivity index (χ2n) is 7.98. The van der Waals surface area contributed by atoms with Crippen LogP contribution in [0, 0.1) is 0 Å². The van der Waals surface area contributed by atoms with E-state index in [1.165, 1.54) is 18.1 Å². The van der Waals surface area contributed by atoms with Crippen molar-refractivity contribution >= 4 is 17.4 Å². The van der Waals surface area contributed by atoms with E-state index in [-0.39, 0.29) is 35.5 Å². The Bertz CT molecular complexity index is 1090. The third-order valence-corrected chi connectivity index (χ3v) is 5.90. The Morgan fingerprint density at radius 1 is 1.21 bits per heavy atom. The summed E-state index contributed by atoms with van der Waals surface area (Å²) < 4.78 is 16.3. The van der Waals surface area contributed by atoms with Gasteiger partial charge in [0, 0.05) is 18.7 Å². The molecule has 2 heterocycles. The summed E-state index contributed by atoms with van der Waals surface area (Å²) in [7, 11) is 1.43. The van der Waals surface area contributed by atoms with E-state index < -0.39 is 17.7 Å². The van der Waals surface area contributed by atoms with Gasteiger partial charge >= 0.3 is 0 Å². The molecular formula is C25H27NO7. The number of likely N-dealkylation sites (tertiary alicyclic amines) is 1. The highest BCUT2D eigenvalue weighted by atomic mass is 16.5. The fraction of sp³-hybridized carbons (Fsp3) is 0.360. The molecule has 8 heteroatoms. The molecule has 8 nitrogen and oxygen atoms in total. The Hall–Kier alpha value is -3.52. The second-order valence-corrected chi connectivity index (χ2v) is 7.98.